The summed E-state index contributed by atoms with van der Waals surface area (Å²) in [5.41, 5.74) is -2.15. The molecular weight excluding hydrogens is 400 g/mol. The van der Waals surface area contributed by atoms with Crippen molar-refractivity contribution >= 4 is 0 Å². The highest BCUT2D eigenvalue weighted by atomic mass is 19.4. The molecule has 158 valence electrons. The van der Waals surface area contributed by atoms with Crippen LogP contribution in [0.25, 0.3) is 0 Å². The van der Waals surface area contributed by atoms with Gasteiger partial charge in [0.25, 0.3) is 0 Å². The van der Waals surface area contributed by atoms with Crippen molar-refractivity contribution < 1.29 is 35.8 Å². The Kier molecular flexibility index (Phi) is 6.21. The highest BCUT2D eigenvalue weighted by Gasteiger charge is 2.37. The highest BCUT2D eigenvalue weighted by molar-refractivity contribution is 5.33. The highest BCUT2D eigenvalue weighted by Crippen LogP contribution is 2.36. The van der Waals surface area contributed by atoms with E-state index in [1.165, 1.54) is 0 Å². The number of alkyl halides is 6. The number of benzene rings is 2. The zero-order chi connectivity index (χ0) is 21.2. The quantitative estimate of drug-likeness (QED) is 0.681. The maximum atomic E-state index is 13.0. The van der Waals surface area contributed by atoms with E-state index in [-0.39, 0.29) is 17.7 Å². The second kappa shape index (κ2) is 8.33. The number of nitrogens with one attached hydrogen (secondary N) is 1. The van der Waals surface area contributed by atoms with E-state index in [0.717, 1.165) is 5.56 Å². The molecule has 0 bridgehead atoms. The van der Waals surface area contributed by atoms with Crippen LogP contribution < -0.4 is 5.32 Å². The largest absolute Gasteiger partial charge is 0.416 e. The van der Waals surface area contributed by atoms with Crippen LogP contribution in [-0.4, -0.2) is 18.9 Å². The Balaban J connectivity index is 1.83. The van der Waals surface area contributed by atoms with Crippen molar-refractivity contribution in [3.63, 3.8) is 0 Å². The molecule has 2 aromatic carbocycles. The lowest BCUT2D eigenvalue weighted by atomic mass is 10.0. The molecule has 1 aliphatic heterocycles. The van der Waals surface area contributed by atoms with Gasteiger partial charge in [-0.15, -0.1) is 0 Å². The predicted molar refractivity (Wildman–Crippen MR) is 92.8 cm³/mol. The van der Waals surface area contributed by atoms with Crippen molar-refractivity contribution in [3.05, 3.63) is 70.8 Å². The van der Waals surface area contributed by atoms with Gasteiger partial charge in [0.2, 0.25) is 0 Å². The number of ether oxygens (including phenoxy) is 2. The SMILES string of the molecule is C[C@@H]1CN[C@@H](c2ccccc2)[C@@H](OCc2cc(C(F)(F)F)cc(C(F)(F)F)c2)O1. The van der Waals surface area contributed by atoms with E-state index >= 15 is 0 Å². The third kappa shape index (κ3) is 5.49. The van der Waals surface area contributed by atoms with Gasteiger partial charge < -0.3 is 14.8 Å². The first-order chi connectivity index (χ1) is 13.5. The van der Waals surface area contributed by atoms with E-state index in [4.69, 9.17) is 9.47 Å². The Morgan fingerprint density at radius 2 is 1.55 bits per heavy atom. The van der Waals surface area contributed by atoms with Gasteiger partial charge in [0.1, 0.15) is 0 Å². The molecule has 9 heteroatoms. The minimum Gasteiger partial charge on any atom is -0.346 e. The fourth-order valence-corrected chi connectivity index (χ4v) is 3.10. The lowest BCUT2D eigenvalue weighted by molar-refractivity contribution is -0.208. The summed E-state index contributed by atoms with van der Waals surface area (Å²) in [4.78, 5) is 0. The molecule has 0 saturated carbocycles. The van der Waals surface area contributed by atoms with E-state index in [1.807, 2.05) is 30.3 Å². The van der Waals surface area contributed by atoms with Gasteiger partial charge in [0, 0.05) is 6.54 Å². The zero-order valence-corrected chi connectivity index (χ0v) is 15.3. The fraction of sp³-hybridized carbons (Fsp3) is 0.400. The van der Waals surface area contributed by atoms with Crippen molar-refractivity contribution in [1.82, 2.24) is 5.32 Å². The molecule has 0 spiro atoms. The van der Waals surface area contributed by atoms with Crippen molar-refractivity contribution in [1.29, 1.82) is 0 Å². The topological polar surface area (TPSA) is 30.5 Å². The van der Waals surface area contributed by atoms with Crippen LogP contribution in [0.2, 0.25) is 0 Å². The van der Waals surface area contributed by atoms with Gasteiger partial charge >= 0.3 is 12.4 Å². The van der Waals surface area contributed by atoms with E-state index in [9.17, 15) is 26.3 Å². The molecule has 3 rings (SSSR count). The number of rotatable bonds is 4. The minimum absolute atomic E-state index is 0.0943. The molecule has 0 unspecified atom stereocenters. The second-order valence-corrected chi connectivity index (χ2v) is 6.84. The van der Waals surface area contributed by atoms with Gasteiger partial charge in [0.15, 0.2) is 6.29 Å². The van der Waals surface area contributed by atoms with Gasteiger partial charge in [0.05, 0.1) is 29.9 Å². The molecule has 0 aromatic heterocycles. The summed E-state index contributed by atoms with van der Waals surface area (Å²) in [6.07, 6.45) is -10.9. The first kappa shape index (κ1) is 21.6. The zero-order valence-electron chi connectivity index (χ0n) is 15.3. The normalized spacial score (nSPS) is 23.2. The van der Waals surface area contributed by atoms with Crippen molar-refractivity contribution in [2.75, 3.05) is 6.54 Å². The average Bonchev–Trinajstić information content (AvgIpc) is 2.65. The van der Waals surface area contributed by atoms with E-state index in [2.05, 4.69) is 5.32 Å². The van der Waals surface area contributed by atoms with E-state index in [0.29, 0.717) is 18.7 Å². The van der Waals surface area contributed by atoms with Crippen molar-refractivity contribution in [2.24, 2.45) is 0 Å². The Morgan fingerprint density at radius 3 is 2.10 bits per heavy atom. The molecule has 0 aliphatic carbocycles. The van der Waals surface area contributed by atoms with Crippen LogP contribution in [0.4, 0.5) is 26.3 Å². The molecule has 0 radical (unpaired) electrons. The Morgan fingerprint density at radius 1 is 0.966 bits per heavy atom. The maximum absolute atomic E-state index is 13.0. The molecule has 1 heterocycles. The number of morpholine rings is 1. The van der Waals surface area contributed by atoms with Crippen LogP contribution in [0.3, 0.4) is 0 Å². The number of halogens is 6. The average molecular weight is 419 g/mol. The maximum Gasteiger partial charge on any atom is 0.416 e. The van der Waals surface area contributed by atoms with Gasteiger partial charge in [-0.1, -0.05) is 30.3 Å². The van der Waals surface area contributed by atoms with Crippen LogP contribution in [0.1, 0.15) is 35.2 Å². The molecule has 1 aliphatic rings. The van der Waals surface area contributed by atoms with Crippen LogP contribution in [0.5, 0.6) is 0 Å². The van der Waals surface area contributed by atoms with E-state index in [1.54, 1.807) is 6.92 Å². The monoisotopic (exact) mass is 419 g/mol. The van der Waals surface area contributed by atoms with E-state index < -0.39 is 42.4 Å². The summed E-state index contributed by atoms with van der Waals surface area (Å²) >= 11 is 0. The lowest BCUT2D eigenvalue weighted by Crippen LogP contribution is -2.47. The summed E-state index contributed by atoms with van der Waals surface area (Å²) < 4.78 is 89.5. The van der Waals surface area contributed by atoms with Crippen LogP contribution in [-0.2, 0) is 28.4 Å². The van der Waals surface area contributed by atoms with Gasteiger partial charge in [-0.3, -0.25) is 0 Å². The second-order valence-electron chi connectivity index (χ2n) is 6.84. The Hall–Kier alpha value is -2.10. The summed E-state index contributed by atoms with van der Waals surface area (Å²) in [6, 6.07) is 10.1. The van der Waals surface area contributed by atoms with Gasteiger partial charge in [-0.05, 0) is 36.2 Å². The third-order valence-corrected chi connectivity index (χ3v) is 4.48. The molecule has 3 atom stereocenters. The van der Waals surface area contributed by atoms with Crippen LogP contribution >= 0.6 is 0 Å². The molecule has 29 heavy (non-hydrogen) atoms. The van der Waals surface area contributed by atoms with Crippen molar-refractivity contribution in [2.45, 2.75) is 44.3 Å². The fourth-order valence-electron chi connectivity index (χ4n) is 3.10. The molecule has 1 saturated heterocycles. The van der Waals surface area contributed by atoms with Crippen LogP contribution in [0.15, 0.2) is 48.5 Å². The van der Waals surface area contributed by atoms with Crippen LogP contribution in [0, 0.1) is 0 Å². The molecule has 0 amide bonds. The molecule has 1 fully saturated rings. The number of hydrogen-bond acceptors (Lipinski definition) is 3. The summed E-state index contributed by atoms with van der Waals surface area (Å²) in [5.74, 6) is 0. The molecular formula is C20H19F6NO2. The Labute approximate surface area is 163 Å². The van der Waals surface area contributed by atoms with Gasteiger partial charge in [-0.25, -0.2) is 0 Å². The molecule has 3 nitrogen and oxygen atoms in total. The molecule has 2 aromatic rings. The molecule has 1 N–H and O–H groups in total. The first-order valence-corrected chi connectivity index (χ1v) is 8.88. The van der Waals surface area contributed by atoms with Gasteiger partial charge in [-0.2, -0.15) is 26.3 Å². The smallest absolute Gasteiger partial charge is 0.346 e. The number of hydrogen-bond donors (Lipinski definition) is 1. The van der Waals surface area contributed by atoms with Crippen molar-refractivity contribution in [3.8, 4) is 0 Å². The lowest BCUT2D eigenvalue weighted by Gasteiger charge is -2.36. The summed E-state index contributed by atoms with van der Waals surface area (Å²) in [5, 5.41) is 3.23. The minimum atomic E-state index is -4.90. The third-order valence-electron chi connectivity index (χ3n) is 4.48. The Bertz CT molecular complexity index is 790. The predicted octanol–water partition coefficient (Wildman–Crippen LogP) is 5.32. The first-order valence-electron chi connectivity index (χ1n) is 8.88. The standard InChI is InChI=1S/C20H19F6NO2/c1-12-10-27-17(14-5-3-2-4-6-14)18(29-12)28-11-13-7-15(19(21,22)23)9-16(8-13)20(24,25)26/h2-9,12,17-18,27H,10-11H2,1H3/t12-,17+,18+/m1/s1. The summed E-state index contributed by atoms with van der Waals surface area (Å²) in [6.45, 7) is 1.85. The summed E-state index contributed by atoms with van der Waals surface area (Å²) in [7, 11) is 0.